The van der Waals surface area contributed by atoms with Crippen LogP contribution in [0.4, 0.5) is 17.6 Å². The predicted octanol–water partition coefficient (Wildman–Crippen LogP) is 4.66. The van der Waals surface area contributed by atoms with E-state index in [-0.39, 0.29) is 44.2 Å². The summed E-state index contributed by atoms with van der Waals surface area (Å²) in [6.07, 6.45) is -3.66. The normalized spacial score (nSPS) is 11.2. The molecule has 0 saturated heterocycles. The van der Waals surface area contributed by atoms with Crippen LogP contribution in [-0.4, -0.2) is 26.7 Å². The lowest BCUT2D eigenvalue weighted by atomic mass is 10.2. The van der Waals surface area contributed by atoms with Gasteiger partial charge >= 0.3 is 17.8 Å². The zero-order chi connectivity index (χ0) is 29.0. The Morgan fingerprint density at radius 1 is 1.02 bits per heavy atom. The molecule has 0 aliphatic carbocycles. The Kier molecular flexibility index (Phi) is 8.24. The van der Waals surface area contributed by atoms with Gasteiger partial charge in [-0.05, 0) is 23.8 Å². The molecule has 0 radical (unpaired) electrons. The Balaban J connectivity index is 1.59. The topological polar surface area (TPSA) is 102 Å². The fraction of sp³-hybridized carbons (Fsp3) is 0.154. The van der Waals surface area contributed by atoms with Gasteiger partial charge in [0.1, 0.15) is 23.9 Å². The van der Waals surface area contributed by atoms with Crippen molar-refractivity contribution in [2.24, 2.45) is 7.05 Å². The Morgan fingerprint density at radius 2 is 1.75 bits per heavy atom. The van der Waals surface area contributed by atoms with Crippen LogP contribution in [0, 0.1) is 5.82 Å². The maximum Gasteiger partial charge on any atom is 0.431 e. The predicted molar refractivity (Wildman–Crippen MR) is 133 cm³/mol. The molecule has 0 atom stereocenters. The summed E-state index contributed by atoms with van der Waals surface area (Å²) < 4.78 is 70.9. The molecule has 0 spiro atoms. The second-order valence-corrected chi connectivity index (χ2v) is 8.53. The SMILES string of the molecule is Cn1c(C(F)(F)F)cc(=O)n(-c2cc(Oc3cccnc3OCC(=O)OCc3ccccc3)c(Cl)cc2F)c1=O. The zero-order valence-corrected chi connectivity index (χ0v) is 21.2. The van der Waals surface area contributed by atoms with Crippen LogP contribution in [0.2, 0.25) is 5.02 Å². The molecule has 2 heterocycles. The number of rotatable bonds is 8. The van der Waals surface area contributed by atoms with Crippen LogP contribution in [0.15, 0.2) is 76.4 Å². The van der Waals surface area contributed by atoms with Gasteiger partial charge in [-0.25, -0.2) is 23.5 Å². The highest BCUT2D eigenvalue weighted by molar-refractivity contribution is 6.32. The molecule has 0 saturated carbocycles. The van der Waals surface area contributed by atoms with Crippen LogP contribution < -0.4 is 20.7 Å². The highest BCUT2D eigenvalue weighted by Gasteiger charge is 2.35. The molecular weight excluding hydrogens is 562 g/mol. The summed E-state index contributed by atoms with van der Waals surface area (Å²) in [7, 11) is 0.788. The summed E-state index contributed by atoms with van der Waals surface area (Å²) in [6, 6.07) is 13.5. The first-order chi connectivity index (χ1) is 19.0. The molecular formula is C26H18ClF4N3O6. The maximum atomic E-state index is 14.8. The molecule has 0 aliphatic rings. The van der Waals surface area contributed by atoms with E-state index in [1.165, 1.54) is 18.3 Å². The van der Waals surface area contributed by atoms with E-state index < -0.39 is 47.2 Å². The van der Waals surface area contributed by atoms with Gasteiger partial charge in [0.05, 0.1) is 10.7 Å². The number of nitrogens with zero attached hydrogens (tertiary/aromatic N) is 3. The van der Waals surface area contributed by atoms with E-state index in [2.05, 4.69) is 4.98 Å². The van der Waals surface area contributed by atoms with Crippen molar-refractivity contribution >= 4 is 17.6 Å². The summed E-state index contributed by atoms with van der Waals surface area (Å²) in [5, 5.41) is -0.310. The lowest BCUT2D eigenvalue weighted by Crippen LogP contribution is -2.41. The Hall–Kier alpha value is -4.65. The van der Waals surface area contributed by atoms with Crippen molar-refractivity contribution in [1.82, 2.24) is 14.1 Å². The van der Waals surface area contributed by atoms with Gasteiger partial charge in [-0.3, -0.25) is 9.36 Å². The number of pyridine rings is 1. The summed E-state index contributed by atoms with van der Waals surface area (Å²) >= 11 is 6.09. The maximum absolute atomic E-state index is 14.8. The highest BCUT2D eigenvalue weighted by atomic mass is 35.5. The fourth-order valence-corrected chi connectivity index (χ4v) is 3.66. The number of carbonyl (C=O) groups is 1. The van der Waals surface area contributed by atoms with Crippen LogP contribution in [0.1, 0.15) is 11.3 Å². The molecule has 0 N–H and O–H groups in total. The van der Waals surface area contributed by atoms with Crippen molar-refractivity contribution in [3.63, 3.8) is 0 Å². The second kappa shape index (κ2) is 11.6. The Morgan fingerprint density at radius 3 is 2.45 bits per heavy atom. The van der Waals surface area contributed by atoms with Gasteiger partial charge < -0.3 is 14.2 Å². The van der Waals surface area contributed by atoms with E-state index in [0.29, 0.717) is 6.07 Å². The van der Waals surface area contributed by atoms with Crippen LogP contribution in [0.5, 0.6) is 17.4 Å². The molecule has 0 fully saturated rings. The van der Waals surface area contributed by atoms with Crippen LogP contribution in [-0.2, 0) is 29.4 Å². The average Bonchev–Trinajstić information content (AvgIpc) is 2.91. The van der Waals surface area contributed by atoms with Gasteiger partial charge in [-0.2, -0.15) is 13.2 Å². The van der Waals surface area contributed by atoms with Gasteiger partial charge in [-0.15, -0.1) is 0 Å². The summed E-state index contributed by atoms with van der Waals surface area (Å²) in [5.41, 5.74) is -4.34. The molecule has 0 unspecified atom stereocenters. The third-order valence-corrected chi connectivity index (χ3v) is 5.67. The third kappa shape index (κ3) is 6.31. The van der Waals surface area contributed by atoms with Crippen LogP contribution >= 0.6 is 11.6 Å². The smallest absolute Gasteiger partial charge is 0.431 e. The van der Waals surface area contributed by atoms with Crippen molar-refractivity contribution in [2.75, 3.05) is 6.61 Å². The first-order valence-electron chi connectivity index (χ1n) is 11.3. The molecule has 4 rings (SSSR count). The van der Waals surface area contributed by atoms with Crippen molar-refractivity contribution in [3.05, 3.63) is 110 Å². The molecule has 0 bridgehead atoms. The van der Waals surface area contributed by atoms with Crippen molar-refractivity contribution in [2.45, 2.75) is 12.8 Å². The van der Waals surface area contributed by atoms with Gasteiger partial charge in [-0.1, -0.05) is 41.9 Å². The standard InChI is InChI=1S/C26H18ClF4N3O6/c1-33-21(26(29,30)31)12-22(35)34(25(33)37)18-11-20(16(27)10-17(18)28)40-19-8-5-9-32-24(19)39-14-23(36)38-13-15-6-3-2-4-7-15/h2-12H,13-14H2,1H3. The molecule has 9 nitrogen and oxygen atoms in total. The van der Waals surface area contributed by atoms with E-state index in [1.807, 2.05) is 6.07 Å². The lowest BCUT2D eigenvalue weighted by Gasteiger charge is -2.16. The van der Waals surface area contributed by atoms with E-state index in [9.17, 15) is 31.9 Å². The summed E-state index contributed by atoms with van der Waals surface area (Å²) in [6.45, 7) is -0.523. The quantitative estimate of drug-likeness (QED) is 0.221. The number of hydrogen-bond donors (Lipinski definition) is 0. The monoisotopic (exact) mass is 579 g/mol. The number of alkyl halides is 3. The molecule has 0 amide bonds. The van der Waals surface area contributed by atoms with E-state index in [0.717, 1.165) is 18.7 Å². The lowest BCUT2D eigenvalue weighted by molar-refractivity contribution is -0.147. The molecule has 0 aliphatic heterocycles. The van der Waals surface area contributed by atoms with Gasteiger partial charge in [0, 0.05) is 25.4 Å². The number of carbonyl (C=O) groups excluding carboxylic acids is 1. The molecule has 40 heavy (non-hydrogen) atoms. The van der Waals surface area contributed by atoms with Crippen molar-refractivity contribution in [1.29, 1.82) is 0 Å². The van der Waals surface area contributed by atoms with E-state index in [4.69, 9.17) is 25.8 Å². The Labute approximate surface area is 227 Å². The Bertz CT molecular complexity index is 1670. The molecule has 2 aromatic carbocycles. The molecule has 2 aromatic heterocycles. The van der Waals surface area contributed by atoms with E-state index >= 15 is 0 Å². The number of esters is 1. The number of ether oxygens (including phenoxy) is 3. The molecule has 4 aromatic rings. The molecule has 14 heteroatoms. The number of halogens is 5. The van der Waals surface area contributed by atoms with Crippen molar-refractivity contribution in [3.8, 4) is 23.1 Å². The van der Waals surface area contributed by atoms with Gasteiger partial charge in [0.25, 0.3) is 11.4 Å². The minimum atomic E-state index is -5.00. The second-order valence-electron chi connectivity index (χ2n) is 8.12. The zero-order valence-electron chi connectivity index (χ0n) is 20.4. The van der Waals surface area contributed by atoms with E-state index in [1.54, 1.807) is 24.3 Å². The average molecular weight is 580 g/mol. The molecule has 208 valence electrons. The number of hydrogen-bond acceptors (Lipinski definition) is 7. The summed E-state index contributed by atoms with van der Waals surface area (Å²) in [4.78, 5) is 41.2. The fourth-order valence-electron chi connectivity index (χ4n) is 3.47. The summed E-state index contributed by atoms with van der Waals surface area (Å²) in [5.74, 6) is -2.45. The van der Waals surface area contributed by atoms with Crippen LogP contribution in [0.25, 0.3) is 5.69 Å². The van der Waals surface area contributed by atoms with Crippen molar-refractivity contribution < 1.29 is 36.6 Å². The van der Waals surface area contributed by atoms with Gasteiger partial charge in [0.2, 0.25) is 0 Å². The van der Waals surface area contributed by atoms with Crippen LogP contribution in [0.3, 0.4) is 0 Å². The minimum Gasteiger partial charge on any atom is -0.463 e. The first-order valence-corrected chi connectivity index (χ1v) is 11.7. The number of benzene rings is 2. The minimum absolute atomic E-state index is 0.0192. The largest absolute Gasteiger partial charge is 0.463 e. The third-order valence-electron chi connectivity index (χ3n) is 5.38. The van der Waals surface area contributed by atoms with Gasteiger partial charge in [0.15, 0.2) is 12.4 Å². The first kappa shape index (κ1) is 28.4. The highest BCUT2D eigenvalue weighted by Crippen LogP contribution is 2.36. The number of aromatic nitrogens is 3.